The molecule has 0 radical (unpaired) electrons. The third kappa shape index (κ3) is 3.27. The molecule has 0 aromatic heterocycles. The number of nitrogens with zero attached hydrogens (tertiary/aromatic N) is 1. The Hall–Kier alpha value is -3.37. The topological polar surface area (TPSA) is 49.8 Å². The summed E-state index contributed by atoms with van der Waals surface area (Å²) in [5.74, 6) is 0.0628. The summed E-state index contributed by atoms with van der Waals surface area (Å²) in [5.41, 5.74) is 7.67. The van der Waals surface area contributed by atoms with Crippen LogP contribution in [0.15, 0.2) is 78.4 Å². The predicted molar refractivity (Wildman–Crippen MR) is 136 cm³/mol. The van der Waals surface area contributed by atoms with Crippen molar-refractivity contribution in [3.63, 3.8) is 0 Å². The Kier molecular flexibility index (Phi) is 4.68. The minimum atomic E-state index is -0.842. The van der Waals surface area contributed by atoms with Crippen LogP contribution in [-0.4, -0.2) is 40.4 Å². The highest BCUT2D eigenvalue weighted by molar-refractivity contribution is 5.79. The van der Waals surface area contributed by atoms with Crippen LogP contribution in [0.25, 0.3) is 17.2 Å². The number of rotatable bonds is 3. The molecule has 7 rings (SSSR count). The molecule has 1 N–H and O–H groups in total. The molecule has 2 heterocycles. The van der Waals surface area contributed by atoms with Crippen molar-refractivity contribution in [2.24, 2.45) is 0 Å². The van der Waals surface area contributed by atoms with Crippen molar-refractivity contribution in [3.8, 4) is 11.1 Å². The Bertz CT molecular complexity index is 1300. The van der Waals surface area contributed by atoms with Crippen molar-refractivity contribution >= 4 is 12.2 Å². The molecule has 2 saturated heterocycles. The first kappa shape index (κ1) is 21.0. The SMILES string of the molecule is O=C(OCC1c2ccccc2-c2ccccc21)N1C2CCC1CC(O)(C1=Cc3ccccc3C1)C2. The lowest BCUT2D eigenvalue weighted by Crippen LogP contribution is -2.54. The van der Waals surface area contributed by atoms with Gasteiger partial charge in [0.2, 0.25) is 0 Å². The summed E-state index contributed by atoms with van der Waals surface area (Å²) >= 11 is 0. The summed E-state index contributed by atoms with van der Waals surface area (Å²) in [6.45, 7) is 0.341. The first-order valence-corrected chi connectivity index (χ1v) is 12.8. The Labute approximate surface area is 205 Å². The maximum atomic E-state index is 13.4. The fourth-order valence-corrected chi connectivity index (χ4v) is 7.03. The van der Waals surface area contributed by atoms with Gasteiger partial charge in [0.25, 0.3) is 0 Å². The summed E-state index contributed by atoms with van der Waals surface area (Å²) in [6.07, 6.45) is 5.77. The largest absolute Gasteiger partial charge is 0.448 e. The van der Waals surface area contributed by atoms with Crippen molar-refractivity contribution in [2.45, 2.75) is 55.7 Å². The number of amides is 1. The Balaban J connectivity index is 1.07. The summed E-state index contributed by atoms with van der Waals surface area (Å²) in [7, 11) is 0. The molecule has 3 aromatic carbocycles. The first-order valence-electron chi connectivity index (χ1n) is 12.8. The number of aliphatic hydroxyl groups is 1. The fourth-order valence-electron chi connectivity index (χ4n) is 7.03. The van der Waals surface area contributed by atoms with E-state index in [1.165, 1.54) is 33.4 Å². The van der Waals surface area contributed by atoms with E-state index in [1.807, 2.05) is 11.0 Å². The quantitative estimate of drug-likeness (QED) is 0.524. The summed E-state index contributed by atoms with van der Waals surface area (Å²) in [6, 6.07) is 25.3. The predicted octanol–water partition coefficient (Wildman–Crippen LogP) is 5.93. The number of ether oxygens (including phenoxy) is 1. The average Bonchev–Trinajstić information content (AvgIpc) is 3.54. The molecule has 2 aliphatic heterocycles. The van der Waals surface area contributed by atoms with Gasteiger partial charge in [0.05, 0.1) is 5.60 Å². The molecule has 4 nitrogen and oxygen atoms in total. The molecule has 4 heteroatoms. The van der Waals surface area contributed by atoms with Crippen LogP contribution in [0, 0.1) is 0 Å². The molecule has 4 aliphatic rings. The zero-order chi connectivity index (χ0) is 23.6. The van der Waals surface area contributed by atoms with Crippen LogP contribution >= 0.6 is 0 Å². The minimum absolute atomic E-state index is 0.0269. The number of carbonyl (C=O) groups excluding carboxylic acids is 1. The van der Waals surface area contributed by atoms with E-state index < -0.39 is 5.60 Å². The maximum Gasteiger partial charge on any atom is 0.410 e. The van der Waals surface area contributed by atoms with Gasteiger partial charge in [0, 0.05) is 30.8 Å². The second kappa shape index (κ2) is 7.82. The van der Waals surface area contributed by atoms with Crippen molar-refractivity contribution in [2.75, 3.05) is 6.61 Å². The van der Waals surface area contributed by atoms with Gasteiger partial charge in [-0.1, -0.05) is 78.9 Å². The second-order valence-electron chi connectivity index (χ2n) is 10.6. The van der Waals surface area contributed by atoms with E-state index >= 15 is 0 Å². The van der Waals surface area contributed by atoms with Crippen LogP contribution in [0.4, 0.5) is 4.79 Å². The van der Waals surface area contributed by atoms with Gasteiger partial charge in [0.15, 0.2) is 0 Å². The average molecular weight is 464 g/mol. The van der Waals surface area contributed by atoms with E-state index in [-0.39, 0.29) is 24.1 Å². The van der Waals surface area contributed by atoms with Crippen LogP contribution in [0.2, 0.25) is 0 Å². The van der Waals surface area contributed by atoms with E-state index in [1.54, 1.807) is 0 Å². The smallest absolute Gasteiger partial charge is 0.410 e. The van der Waals surface area contributed by atoms with Gasteiger partial charge in [-0.25, -0.2) is 4.79 Å². The zero-order valence-electron chi connectivity index (χ0n) is 19.7. The highest BCUT2D eigenvalue weighted by Crippen LogP contribution is 2.48. The number of benzene rings is 3. The summed E-state index contributed by atoms with van der Waals surface area (Å²) in [5, 5.41) is 11.7. The van der Waals surface area contributed by atoms with Gasteiger partial charge >= 0.3 is 6.09 Å². The van der Waals surface area contributed by atoms with Gasteiger partial charge in [-0.05, 0) is 58.2 Å². The minimum Gasteiger partial charge on any atom is -0.448 e. The molecular formula is C31H29NO3. The van der Waals surface area contributed by atoms with Crippen LogP contribution < -0.4 is 0 Å². The molecule has 2 fully saturated rings. The van der Waals surface area contributed by atoms with Gasteiger partial charge in [-0.15, -0.1) is 0 Å². The highest BCUT2D eigenvalue weighted by atomic mass is 16.6. The molecule has 0 saturated carbocycles. The van der Waals surface area contributed by atoms with Crippen LogP contribution in [0.5, 0.6) is 0 Å². The molecule has 2 atom stereocenters. The Morgan fingerprint density at radius 2 is 1.49 bits per heavy atom. The van der Waals surface area contributed by atoms with Gasteiger partial charge in [-0.3, -0.25) is 0 Å². The lowest BCUT2D eigenvalue weighted by molar-refractivity contribution is -0.0246. The van der Waals surface area contributed by atoms with E-state index in [4.69, 9.17) is 4.74 Å². The zero-order valence-corrected chi connectivity index (χ0v) is 19.7. The van der Waals surface area contributed by atoms with E-state index in [0.29, 0.717) is 19.4 Å². The number of fused-ring (bicyclic) bond motifs is 6. The number of hydrogen-bond donors (Lipinski definition) is 1. The normalized spacial score (nSPS) is 26.2. The molecular weight excluding hydrogens is 434 g/mol. The third-order valence-corrected chi connectivity index (χ3v) is 8.68. The van der Waals surface area contributed by atoms with Gasteiger partial charge in [0.1, 0.15) is 6.61 Å². The maximum absolute atomic E-state index is 13.4. The van der Waals surface area contributed by atoms with Crippen molar-refractivity contribution in [1.82, 2.24) is 4.90 Å². The molecule has 3 aromatic rings. The lowest BCUT2D eigenvalue weighted by atomic mass is 9.79. The van der Waals surface area contributed by atoms with Crippen LogP contribution in [0.3, 0.4) is 0 Å². The van der Waals surface area contributed by atoms with E-state index in [9.17, 15) is 9.90 Å². The molecule has 0 spiro atoms. The molecule has 2 bridgehead atoms. The van der Waals surface area contributed by atoms with E-state index in [0.717, 1.165) is 24.8 Å². The molecule has 35 heavy (non-hydrogen) atoms. The summed E-state index contributed by atoms with van der Waals surface area (Å²) in [4.78, 5) is 15.3. The van der Waals surface area contributed by atoms with Crippen molar-refractivity contribution < 1.29 is 14.6 Å². The highest BCUT2D eigenvalue weighted by Gasteiger charge is 2.51. The number of hydrogen-bond acceptors (Lipinski definition) is 3. The van der Waals surface area contributed by atoms with Gasteiger partial charge in [-0.2, -0.15) is 0 Å². The van der Waals surface area contributed by atoms with E-state index in [2.05, 4.69) is 72.8 Å². The van der Waals surface area contributed by atoms with Crippen molar-refractivity contribution in [1.29, 1.82) is 0 Å². The Morgan fingerprint density at radius 1 is 0.886 bits per heavy atom. The number of piperidine rings is 1. The van der Waals surface area contributed by atoms with Crippen molar-refractivity contribution in [3.05, 3.63) is 101 Å². The molecule has 176 valence electrons. The fraction of sp³-hybridized carbons (Fsp3) is 0.323. The van der Waals surface area contributed by atoms with Gasteiger partial charge < -0.3 is 14.7 Å². The molecule has 1 amide bonds. The molecule has 2 aliphatic carbocycles. The monoisotopic (exact) mass is 463 g/mol. The van der Waals surface area contributed by atoms with Crippen LogP contribution in [0.1, 0.15) is 53.9 Å². The first-order chi connectivity index (χ1) is 17.1. The lowest BCUT2D eigenvalue weighted by Gasteiger charge is -2.44. The summed E-state index contributed by atoms with van der Waals surface area (Å²) < 4.78 is 6.00. The standard InChI is InChI=1S/C31H29NO3/c33-30(35-19-29-27-11-5-3-9-25(27)26-10-4-6-12-28(26)29)32-23-13-14-24(32)18-31(34,17-23)22-15-20-7-1-2-8-21(20)16-22/h1-12,15,23-24,29,34H,13-14,16-19H2. The Morgan fingerprint density at radius 3 is 2.14 bits per heavy atom. The molecule has 2 unspecified atom stereocenters. The number of carbonyl (C=O) groups is 1. The second-order valence-corrected chi connectivity index (χ2v) is 10.6. The van der Waals surface area contributed by atoms with Crippen LogP contribution in [-0.2, 0) is 11.2 Å². The third-order valence-electron chi connectivity index (χ3n) is 8.68.